The Kier molecular flexibility index (Phi) is 4.06. The first-order valence-electron chi connectivity index (χ1n) is 6.96. The third-order valence-corrected chi connectivity index (χ3v) is 4.89. The summed E-state index contributed by atoms with van der Waals surface area (Å²) in [6.45, 7) is 9.33. The van der Waals surface area contributed by atoms with Crippen LogP contribution in [-0.4, -0.2) is 22.5 Å². The molecule has 0 aromatic rings. The van der Waals surface area contributed by atoms with E-state index >= 15 is 0 Å². The van der Waals surface area contributed by atoms with Crippen molar-refractivity contribution in [2.45, 2.75) is 77.1 Å². The number of nitrogens with one attached hydrogen (secondary N) is 1. The third-order valence-electron chi connectivity index (χ3n) is 3.85. The second-order valence-corrected chi connectivity index (χ2v) is 7.99. The van der Waals surface area contributed by atoms with Crippen molar-refractivity contribution in [1.29, 1.82) is 0 Å². The minimum atomic E-state index is 0.490. The predicted molar refractivity (Wildman–Crippen MR) is 77.7 cm³/mol. The van der Waals surface area contributed by atoms with E-state index in [2.05, 4.69) is 33.0 Å². The average molecular weight is 254 g/mol. The lowest BCUT2D eigenvalue weighted by molar-refractivity contribution is 0.222. The fourth-order valence-corrected chi connectivity index (χ4v) is 4.29. The van der Waals surface area contributed by atoms with Gasteiger partial charge >= 0.3 is 0 Å². The molecule has 1 heterocycles. The highest BCUT2D eigenvalue weighted by Gasteiger charge is 2.29. The molecule has 0 aromatic heterocycles. The summed E-state index contributed by atoms with van der Waals surface area (Å²) < 4.78 is 0. The Labute approximate surface area is 110 Å². The van der Waals surface area contributed by atoms with Crippen LogP contribution in [0.25, 0.3) is 0 Å². The first kappa shape index (κ1) is 13.3. The molecule has 3 atom stereocenters. The fraction of sp³-hybridized carbons (Fsp3) is 0.929. The number of thioether (sulfide) groups is 1. The smallest absolute Gasteiger partial charge is 0.157 e. The maximum absolute atomic E-state index is 4.96. The largest absolute Gasteiger partial charge is 0.362 e. The van der Waals surface area contributed by atoms with Crippen LogP contribution >= 0.6 is 11.8 Å². The van der Waals surface area contributed by atoms with Gasteiger partial charge in [-0.3, -0.25) is 4.99 Å². The Bertz CT molecular complexity index is 287. The Morgan fingerprint density at radius 1 is 1.35 bits per heavy atom. The first-order chi connectivity index (χ1) is 7.94. The number of rotatable bonds is 1. The summed E-state index contributed by atoms with van der Waals surface area (Å²) in [5, 5.41) is 5.44. The third kappa shape index (κ3) is 3.90. The Balaban J connectivity index is 1.98. The molecule has 0 amide bonds. The van der Waals surface area contributed by atoms with Gasteiger partial charge < -0.3 is 5.32 Å². The van der Waals surface area contributed by atoms with Gasteiger partial charge in [-0.1, -0.05) is 39.0 Å². The molecule has 0 radical (unpaired) electrons. The maximum atomic E-state index is 4.96. The molecule has 0 bridgehead atoms. The Morgan fingerprint density at radius 2 is 2.12 bits per heavy atom. The van der Waals surface area contributed by atoms with Crippen LogP contribution in [0.15, 0.2) is 4.99 Å². The summed E-state index contributed by atoms with van der Waals surface area (Å²) >= 11 is 1.92. The van der Waals surface area contributed by atoms with Crippen molar-refractivity contribution in [3.8, 4) is 0 Å². The Morgan fingerprint density at radius 3 is 2.76 bits per heavy atom. The molecule has 2 rings (SSSR count). The molecule has 0 aromatic carbocycles. The van der Waals surface area contributed by atoms with Crippen molar-refractivity contribution in [2.24, 2.45) is 10.4 Å². The van der Waals surface area contributed by atoms with E-state index in [4.69, 9.17) is 4.99 Å². The number of amidine groups is 1. The minimum absolute atomic E-state index is 0.490. The first-order valence-corrected chi connectivity index (χ1v) is 7.83. The second-order valence-electron chi connectivity index (χ2n) is 6.56. The molecule has 2 nitrogen and oxygen atoms in total. The van der Waals surface area contributed by atoms with Crippen molar-refractivity contribution in [3.63, 3.8) is 0 Å². The minimum Gasteiger partial charge on any atom is -0.362 e. The van der Waals surface area contributed by atoms with Gasteiger partial charge in [-0.15, -0.1) is 0 Å². The summed E-state index contributed by atoms with van der Waals surface area (Å²) in [4.78, 5) is 4.96. The molecule has 2 aliphatic rings. The van der Waals surface area contributed by atoms with Crippen LogP contribution in [0.4, 0.5) is 0 Å². The SMILES string of the molecule is CC1CC(C)SC(=NC2CCCC(C)(C)C2)N1. The van der Waals surface area contributed by atoms with Crippen molar-refractivity contribution >= 4 is 16.9 Å². The van der Waals surface area contributed by atoms with Crippen LogP contribution in [0.1, 0.15) is 59.8 Å². The quantitative estimate of drug-likeness (QED) is 0.769. The average Bonchev–Trinajstić information content (AvgIpc) is 2.13. The number of aliphatic imine (C=N–C) groups is 1. The van der Waals surface area contributed by atoms with Gasteiger partial charge in [-0.2, -0.15) is 0 Å². The molecule has 3 unspecified atom stereocenters. The molecular weight excluding hydrogens is 228 g/mol. The van der Waals surface area contributed by atoms with Gasteiger partial charge in [0.2, 0.25) is 0 Å². The van der Waals surface area contributed by atoms with Gasteiger partial charge in [0.25, 0.3) is 0 Å². The molecule has 2 fully saturated rings. The zero-order valence-corrected chi connectivity index (χ0v) is 12.4. The van der Waals surface area contributed by atoms with Crippen LogP contribution in [0.3, 0.4) is 0 Å². The van der Waals surface area contributed by atoms with Crippen LogP contribution in [0.2, 0.25) is 0 Å². The summed E-state index contributed by atoms with van der Waals surface area (Å²) in [6, 6.07) is 1.13. The zero-order valence-electron chi connectivity index (χ0n) is 11.6. The molecule has 1 saturated heterocycles. The number of hydrogen-bond acceptors (Lipinski definition) is 2. The van der Waals surface area contributed by atoms with Crippen molar-refractivity contribution in [2.75, 3.05) is 0 Å². The molecule has 17 heavy (non-hydrogen) atoms. The maximum Gasteiger partial charge on any atom is 0.157 e. The number of nitrogens with zero attached hydrogens (tertiary/aromatic N) is 1. The summed E-state index contributed by atoms with van der Waals surface area (Å²) in [5.41, 5.74) is 0.490. The van der Waals surface area contributed by atoms with Crippen molar-refractivity contribution in [1.82, 2.24) is 5.32 Å². The summed E-state index contributed by atoms with van der Waals surface area (Å²) in [5.74, 6) is 0. The summed E-state index contributed by atoms with van der Waals surface area (Å²) in [6.07, 6.45) is 6.48. The van der Waals surface area contributed by atoms with E-state index in [1.165, 1.54) is 37.3 Å². The van der Waals surface area contributed by atoms with E-state index < -0.39 is 0 Å². The molecular formula is C14H26N2S. The molecule has 1 aliphatic carbocycles. The van der Waals surface area contributed by atoms with Crippen LogP contribution in [-0.2, 0) is 0 Å². The lowest BCUT2D eigenvalue weighted by atomic mass is 9.75. The van der Waals surface area contributed by atoms with Gasteiger partial charge in [0.05, 0.1) is 6.04 Å². The van der Waals surface area contributed by atoms with Crippen LogP contribution in [0, 0.1) is 5.41 Å². The van der Waals surface area contributed by atoms with Gasteiger partial charge in [0.1, 0.15) is 0 Å². The Hall–Kier alpha value is -0.180. The molecule has 1 aliphatic heterocycles. The highest BCUT2D eigenvalue weighted by Crippen LogP contribution is 2.37. The monoisotopic (exact) mass is 254 g/mol. The van der Waals surface area contributed by atoms with Gasteiger partial charge in [0.15, 0.2) is 5.17 Å². The lowest BCUT2D eigenvalue weighted by Crippen LogP contribution is -2.39. The van der Waals surface area contributed by atoms with E-state index in [0.29, 0.717) is 22.7 Å². The number of hydrogen-bond donors (Lipinski definition) is 1. The van der Waals surface area contributed by atoms with Gasteiger partial charge in [0, 0.05) is 11.3 Å². The molecule has 1 saturated carbocycles. The molecule has 0 spiro atoms. The second kappa shape index (κ2) is 5.21. The predicted octanol–water partition coefficient (Wildman–Crippen LogP) is 3.81. The van der Waals surface area contributed by atoms with Crippen LogP contribution < -0.4 is 5.32 Å². The normalized spacial score (nSPS) is 40.0. The van der Waals surface area contributed by atoms with Gasteiger partial charge in [-0.25, -0.2) is 0 Å². The van der Waals surface area contributed by atoms with E-state index in [1.807, 2.05) is 11.8 Å². The van der Waals surface area contributed by atoms with Crippen LogP contribution in [0.5, 0.6) is 0 Å². The van der Waals surface area contributed by atoms with E-state index in [-0.39, 0.29) is 0 Å². The molecule has 3 heteroatoms. The topological polar surface area (TPSA) is 24.4 Å². The van der Waals surface area contributed by atoms with Crippen molar-refractivity contribution in [3.05, 3.63) is 0 Å². The van der Waals surface area contributed by atoms with Gasteiger partial charge in [-0.05, 0) is 38.0 Å². The van der Waals surface area contributed by atoms with Crippen molar-refractivity contribution < 1.29 is 0 Å². The lowest BCUT2D eigenvalue weighted by Gasteiger charge is -2.34. The standard InChI is InChI=1S/C14H26N2S/c1-10-8-11(2)17-13(15-10)16-12-6-5-7-14(3,4)9-12/h10-12H,5-9H2,1-4H3,(H,15,16). The van der Waals surface area contributed by atoms with E-state index in [9.17, 15) is 0 Å². The zero-order chi connectivity index (χ0) is 12.5. The molecule has 98 valence electrons. The molecule has 1 N–H and O–H groups in total. The van der Waals surface area contributed by atoms with E-state index in [0.717, 1.165) is 0 Å². The highest BCUT2D eigenvalue weighted by atomic mass is 32.2. The highest BCUT2D eigenvalue weighted by molar-refractivity contribution is 8.14. The fourth-order valence-electron chi connectivity index (χ4n) is 3.04. The van der Waals surface area contributed by atoms with E-state index in [1.54, 1.807) is 0 Å². The summed E-state index contributed by atoms with van der Waals surface area (Å²) in [7, 11) is 0.